The van der Waals surface area contributed by atoms with E-state index in [1.54, 1.807) is 0 Å². The largest absolute Gasteiger partial charge is 0.380 e. The Morgan fingerprint density at radius 1 is 0.955 bits per heavy atom. The molecule has 0 amide bonds. The minimum Gasteiger partial charge on any atom is -0.380 e. The maximum absolute atomic E-state index is 11.5. The number of rotatable bonds is 8. The summed E-state index contributed by atoms with van der Waals surface area (Å²) < 4.78 is 0. The van der Waals surface area contributed by atoms with Crippen molar-refractivity contribution in [3.05, 3.63) is 71.8 Å². The lowest BCUT2D eigenvalue weighted by Crippen LogP contribution is -2.40. The molecule has 2 rings (SSSR count). The first-order valence-corrected chi connectivity index (χ1v) is 8.23. The van der Waals surface area contributed by atoms with Gasteiger partial charge >= 0.3 is 0 Å². The summed E-state index contributed by atoms with van der Waals surface area (Å²) in [5.74, 6) is 0.0779. The van der Waals surface area contributed by atoms with E-state index in [0.717, 1.165) is 24.2 Å². The van der Waals surface area contributed by atoms with Crippen molar-refractivity contribution >= 4 is 0 Å². The second-order valence-electron chi connectivity index (χ2n) is 5.96. The molecule has 0 bridgehead atoms. The van der Waals surface area contributed by atoms with Gasteiger partial charge in [-0.3, -0.25) is 0 Å². The van der Waals surface area contributed by atoms with E-state index in [2.05, 4.69) is 19.2 Å². The van der Waals surface area contributed by atoms with Crippen molar-refractivity contribution in [1.29, 1.82) is 0 Å². The molecule has 0 radical (unpaired) electrons. The first-order valence-electron chi connectivity index (χ1n) is 8.23. The third-order valence-electron chi connectivity index (χ3n) is 4.30. The predicted molar refractivity (Wildman–Crippen MR) is 92.8 cm³/mol. The molecule has 0 saturated heterocycles. The smallest absolute Gasteiger partial charge is 0.118 e. The second kappa shape index (κ2) is 8.11. The molecule has 118 valence electrons. The number of hydrogen-bond acceptors (Lipinski definition) is 2. The van der Waals surface area contributed by atoms with Crippen LogP contribution in [0.15, 0.2) is 60.7 Å². The van der Waals surface area contributed by atoms with Gasteiger partial charge in [-0.1, -0.05) is 80.9 Å². The summed E-state index contributed by atoms with van der Waals surface area (Å²) in [4.78, 5) is 0. The van der Waals surface area contributed by atoms with Crippen LogP contribution in [0.4, 0.5) is 0 Å². The molecular formula is C20H27NO. The molecule has 2 aromatic rings. The summed E-state index contributed by atoms with van der Waals surface area (Å²) >= 11 is 0. The lowest BCUT2D eigenvalue weighted by atomic mass is 9.77. The maximum atomic E-state index is 11.5. The monoisotopic (exact) mass is 297 g/mol. The number of aliphatic hydroxyl groups is 1. The van der Waals surface area contributed by atoms with Crippen LogP contribution in [0.1, 0.15) is 37.8 Å². The Morgan fingerprint density at radius 3 is 1.91 bits per heavy atom. The number of benzene rings is 2. The van der Waals surface area contributed by atoms with Gasteiger partial charge in [0.05, 0.1) is 0 Å². The average Bonchev–Trinajstić information content (AvgIpc) is 2.59. The van der Waals surface area contributed by atoms with Gasteiger partial charge in [-0.25, -0.2) is 0 Å². The van der Waals surface area contributed by atoms with E-state index in [0.29, 0.717) is 0 Å². The SMILES string of the molecule is CCCCNC[C@H](C)C(O)(c1ccccc1)c1ccccc1. The predicted octanol–water partition coefficient (Wildman–Crippen LogP) is 3.95. The zero-order valence-electron chi connectivity index (χ0n) is 13.6. The molecule has 2 heteroatoms. The van der Waals surface area contributed by atoms with Gasteiger partial charge in [0.15, 0.2) is 0 Å². The molecule has 22 heavy (non-hydrogen) atoms. The van der Waals surface area contributed by atoms with Crippen molar-refractivity contribution in [1.82, 2.24) is 5.32 Å². The van der Waals surface area contributed by atoms with Crippen molar-refractivity contribution in [2.75, 3.05) is 13.1 Å². The zero-order valence-corrected chi connectivity index (χ0v) is 13.6. The molecule has 0 saturated carbocycles. The normalized spacial score (nSPS) is 13.0. The topological polar surface area (TPSA) is 32.3 Å². The molecule has 0 spiro atoms. The highest BCUT2D eigenvalue weighted by molar-refractivity contribution is 5.36. The van der Waals surface area contributed by atoms with Crippen molar-refractivity contribution in [2.45, 2.75) is 32.3 Å². The second-order valence-corrected chi connectivity index (χ2v) is 5.96. The van der Waals surface area contributed by atoms with Gasteiger partial charge in [-0.2, -0.15) is 0 Å². The van der Waals surface area contributed by atoms with Gasteiger partial charge < -0.3 is 10.4 Å². The number of nitrogens with one attached hydrogen (secondary N) is 1. The van der Waals surface area contributed by atoms with Crippen LogP contribution >= 0.6 is 0 Å². The van der Waals surface area contributed by atoms with Crippen LogP contribution in [0.5, 0.6) is 0 Å². The Bertz CT molecular complexity index is 499. The summed E-state index contributed by atoms with van der Waals surface area (Å²) in [6.45, 7) is 6.09. The summed E-state index contributed by atoms with van der Waals surface area (Å²) in [6.07, 6.45) is 2.35. The molecule has 0 heterocycles. The molecule has 0 unspecified atom stereocenters. The van der Waals surface area contributed by atoms with Crippen molar-refractivity contribution in [3.63, 3.8) is 0 Å². The molecule has 0 aliphatic rings. The molecule has 2 N–H and O–H groups in total. The Kier molecular flexibility index (Phi) is 6.17. The minimum atomic E-state index is -0.971. The van der Waals surface area contributed by atoms with Crippen molar-refractivity contribution < 1.29 is 5.11 Å². The quantitative estimate of drug-likeness (QED) is 0.723. The van der Waals surface area contributed by atoms with E-state index in [1.807, 2.05) is 60.7 Å². The summed E-state index contributed by atoms with van der Waals surface area (Å²) in [5, 5.41) is 15.0. The van der Waals surface area contributed by atoms with E-state index in [-0.39, 0.29) is 5.92 Å². The van der Waals surface area contributed by atoms with Gasteiger partial charge in [-0.05, 0) is 24.1 Å². The highest BCUT2D eigenvalue weighted by Crippen LogP contribution is 2.36. The van der Waals surface area contributed by atoms with E-state index in [1.165, 1.54) is 12.8 Å². The van der Waals surface area contributed by atoms with E-state index < -0.39 is 5.60 Å². The Hall–Kier alpha value is -1.64. The van der Waals surface area contributed by atoms with Gasteiger partial charge in [0, 0.05) is 12.5 Å². The van der Waals surface area contributed by atoms with Crippen LogP contribution in [0, 0.1) is 5.92 Å². The standard InChI is InChI=1S/C20H27NO/c1-3-4-15-21-16-17(2)20(22,18-11-7-5-8-12-18)19-13-9-6-10-14-19/h5-14,17,21-22H,3-4,15-16H2,1-2H3/t17-/m0/s1. The van der Waals surface area contributed by atoms with Crippen LogP contribution in [-0.2, 0) is 5.60 Å². The van der Waals surface area contributed by atoms with Crippen molar-refractivity contribution in [2.24, 2.45) is 5.92 Å². The van der Waals surface area contributed by atoms with Crippen LogP contribution in [0.3, 0.4) is 0 Å². The van der Waals surface area contributed by atoms with Gasteiger partial charge in [0.2, 0.25) is 0 Å². The first kappa shape index (κ1) is 16.7. The molecule has 2 aromatic carbocycles. The van der Waals surface area contributed by atoms with E-state index in [4.69, 9.17) is 0 Å². The van der Waals surface area contributed by atoms with E-state index in [9.17, 15) is 5.11 Å². The number of hydrogen-bond donors (Lipinski definition) is 2. The molecular weight excluding hydrogens is 270 g/mol. The zero-order chi connectivity index (χ0) is 15.8. The average molecular weight is 297 g/mol. The Morgan fingerprint density at radius 2 is 1.45 bits per heavy atom. The fraction of sp³-hybridized carbons (Fsp3) is 0.400. The first-order chi connectivity index (χ1) is 10.7. The summed E-state index contributed by atoms with van der Waals surface area (Å²) in [6, 6.07) is 20.0. The van der Waals surface area contributed by atoms with E-state index >= 15 is 0 Å². The molecule has 0 aliphatic heterocycles. The molecule has 0 aromatic heterocycles. The summed E-state index contributed by atoms with van der Waals surface area (Å²) in [5.41, 5.74) is 0.929. The minimum absolute atomic E-state index is 0.0779. The van der Waals surface area contributed by atoms with Crippen molar-refractivity contribution in [3.8, 4) is 0 Å². The van der Waals surface area contributed by atoms with Crippen LogP contribution in [0.2, 0.25) is 0 Å². The van der Waals surface area contributed by atoms with Gasteiger partial charge in [-0.15, -0.1) is 0 Å². The van der Waals surface area contributed by atoms with Crippen LogP contribution < -0.4 is 5.32 Å². The Balaban J connectivity index is 2.26. The van der Waals surface area contributed by atoms with Crippen LogP contribution in [-0.4, -0.2) is 18.2 Å². The lowest BCUT2D eigenvalue weighted by molar-refractivity contribution is 0.0241. The molecule has 0 fully saturated rings. The maximum Gasteiger partial charge on any atom is 0.118 e. The summed E-state index contributed by atoms with van der Waals surface area (Å²) in [7, 11) is 0. The third-order valence-corrected chi connectivity index (χ3v) is 4.30. The molecule has 1 atom stereocenters. The highest BCUT2D eigenvalue weighted by Gasteiger charge is 2.37. The van der Waals surface area contributed by atoms with Gasteiger partial charge in [0.1, 0.15) is 5.60 Å². The third kappa shape index (κ3) is 3.76. The highest BCUT2D eigenvalue weighted by atomic mass is 16.3. The van der Waals surface area contributed by atoms with Gasteiger partial charge in [0.25, 0.3) is 0 Å². The Labute approximate surface area is 134 Å². The number of unbranched alkanes of at least 4 members (excludes halogenated alkanes) is 1. The molecule has 0 aliphatic carbocycles. The lowest BCUT2D eigenvalue weighted by Gasteiger charge is -2.35. The fourth-order valence-electron chi connectivity index (χ4n) is 2.89. The van der Waals surface area contributed by atoms with Crippen LogP contribution in [0.25, 0.3) is 0 Å². The fourth-order valence-corrected chi connectivity index (χ4v) is 2.89. The molecule has 2 nitrogen and oxygen atoms in total.